The molecule has 1 saturated carbocycles. The summed E-state index contributed by atoms with van der Waals surface area (Å²) < 4.78 is 0. The van der Waals surface area contributed by atoms with Gasteiger partial charge in [-0.05, 0) is 31.7 Å². The third-order valence-corrected chi connectivity index (χ3v) is 5.40. The van der Waals surface area contributed by atoms with Gasteiger partial charge in [0.2, 0.25) is 5.91 Å². The lowest BCUT2D eigenvalue weighted by atomic mass is 9.89. The number of rotatable bonds is 4. The SMILES string of the molecule is O=C(Cc1ccccc1O)NC1CCN(C2CCCCC2O)CC1. The molecule has 132 valence electrons. The number of phenols is 1. The number of hydrogen-bond acceptors (Lipinski definition) is 4. The number of hydrogen-bond donors (Lipinski definition) is 3. The van der Waals surface area contributed by atoms with Crippen LogP contribution in [0.3, 0.4) is 0 Å². The van der Waals surface area contributed by atoms with Gasteiger partial charge in [0.15, 0.2) is 0 Å². The van der Waals surface area contributed by atoms with Crippen molar-refractivity contribution in [1.29, 1.82) is 0 Å². The van der Waals surface area contributed by atoms with Crippen molar-refractivity contribution in [2.45, 2.75) is 63.1 Å². The van der Waals surface area contributed by atoms with E-state index in [9.17, 15) is 15.0 Å². The molecule has 2 unspecified atom stereocenters. The number of piperidine rings is 1. The van der Waals surface area contributed by atoms with E-state index in [4.69, 9.17) is 0 Å². The lowest BCUT2D eigenvalue weighted by Crippen LogP contribution is -2.52. The molecule has 3 N–H and O–H groups in total. The van der Waals surface area contributed by atoms with Crippen molar-refractivity contribution in [3.8, 4) is 5.75 Å². The molecule has 0 radical (unpaired) electrons. The van der Waals surface area contributed by atoms with Crippen LogP contribution in [-0.4, -0.2) is 52.3 Å². The van der Waals surface area contributed by atoms with Gasteiger partial charge in [-0.1, -0.05) is 31.0 Å². The largest absolute Gasteiger partial charge is 0.508 e. The summed E-state index contributed by atoms with van der Waals surface area (Å²) in [5.41, 5.74) is 0.665. The Balaban J connectivity index is 1.45. The number of nitrogens with zero attached hydrogens (tertiary/aromatic N) is 1. The first kappa shape index (κ1) is 17.2. The van der Waals surface area contributed by atoms with E-state index in [0.717, 1.165) is 45.2 Å². The van der Waals surface area contributed by atoms with Crippen molar-refractivity contribution in [1.82, 2.24) is 10.2 Å². The zero-order valence-electron chi connectivity index (χ0n) is 14.2. The Morgan fingerprint density at radius 3 is 2.54 bits per heavy atom. The highest BCUT2D eigenvalue weighted by atomic mass is 16.3. The molecule has 0 spiro atoms. The summed E-state index contributed by atoms with van der Waals surface area (Å²) in [4.78, 5) is 14.6. The Kier molecular flexibility index (Phi) is 5.74. The molecule has 0 bridgehead atoms. The molecule has 2 aliphatic rings. The smallest absolute Gasteiger partial charge is 0.224 e. The Hall–Kier alpha value is -1.59. The number of benzene rings is 1. The Morgan fingerprint density at radius 1 is 1.12 bits per heavy atom. The summed E-state index contributed by atoms with van der Waals surface area (Å²) in [5, 5.41) is 23.0. The fraction of sp³-hybridized carbons (Fsp3) is 0.632. The van der Waals surface area contributed by atoms with Gasteiger partial charge in [-0.3, -0.25) is 9.69 Å². The van der Waals surface area contributed by atoms with Crippen LogP contribution < -0.4 is 5.32 Å². The van der Waals surface area contributed by atoms with E-state index in [2.05, 4.69) is 10.2 Å². The number of aliphatic hydroxyl groups excluding tert-OH is 1. The first-order chi connectivity index (χ1) is 11.6. The minimum atomic E-state index is -0.189. The first-order valence-corrected chi connectivity index (χ1v) is 9.12. The highest BCUT2D eigenvalue weighted by molar-refractivity contribution is 5.79. The summed E-state index contributed by atoms with van der Waals surface area (Å²) in [5.74, 6) is 0.140. The lowest BCUT2D eigenvalue weighted by Gasteiger charge is -2.41. The molecule has 3 rings (SSSR count). The number of nitrogens with one attached hydrogen (secondary N) is 1. The number of amides is 1. The van der Waals surface area contributed by atoms with E-state index >= 15 is 0 Å². The van der Waals surface area contributed by atoms with E-state index in [-0.39, 0.29) is 30.2 Å². The summed E-state index contributed by atoms with van der Waals surface area (Å²) in [7, 11) is 0. The van der Waals surface area contributed by atoms with Crippen LogP contribution in [0.25, 0.3) is 0 Å². The Morgan fingerprint density at radius 2 is 1.83 bits per heavy atom. The van der Waals surface area contributed by atoms with Gasteiger partial charge >= 0.3 is 0 Å². The van der Waals surface area contributed by atoms with Crippen molar-refractivity contribution in [2.24, 2.45) is 0 Å². The maximum Gasteiger partial charge on any atom is 0.224 e. The molecule has 1 saturated heterocycles. The predicted octanol–water partition coefficient (Wildman–Crippen LogP) is 1.82. The van der Waals surface area contributed by atoms with Crippen molar-refractivity contribution in [3.05, 3.63) is 29.8 Å². The number of aliphatic hydroxyl groups is 1. The lowest BCUT2D eigenvalue weighted by molar-refractivity contribution is -0.121. The number of para-hydroxylation sites is 1. The molecule has 1 aromatic rings. The molecule has 5 nitrogen and oxygen atoms in total. The molecule has 2 atom stereocenters. The average Bonchev–Trinajstić information content (AvgIpc) is 2.58. The van der Waals surface area contributed by atoms with Crippen LogP contribution >= 0.6 is 0 Å². The first-order valence-electron chi connectivity index (χ1n) is 9.12. The Bertz CT molecular complexity index is 555. The second kappa shape index (κ2) is 7.99. The highest BCUT2D eigenvalue weighted by Gasteiger charge is 2.31. The van der Waals surface area contributed by atoms with Gasteiger partial charge in [0.25, 0.3) is 0 Å². The maximum absolute atomic E-state index is 12.2. The summed E-state index contributed by atoms with van der Waals surface area (Å²) >= 11 is 0. The maximum atomic E-state index is 12.2. The summed E-state index contributed by atoms with van der Waals surface area (Å²) in [6.45, 7) is 1.87. The molecule has 0 aromatic heterocycles. The normalized spacial score (nSPS) is 26.2. The minimum absolute atomic E-state index is 0.0346. The van der Waals surface area contributed by atoms with Gasteiger partial charge in [-0.2, -0.15) is 0 Å². The average molecular weight is 332 g/mol. The molecule has 1 aliphatic carbocycles. The molecule has 1 heterocycles. The van der Waals surface area contributed by atoms with Crippen LogP contribution in [0.5, 0.6) is 5.75 Å². The van der Waals surface area contributed by atoms with Gasteiger partial charge in [-0.25, -0.2) is 0 Å². The summed E-state index contributed by atoms with van der Waals surface area (Å²) in [6.07, 6.45) is 6.23. The zero-order chi connectivity index (χ0) is 16.9. The van der Waals surface area contributed by atoms with E-state index in [1.807, 2.05) is 6.07 Å². The van der Waals surface area contributed by atoms with Crippen LogP contribution in [-0.2, 0) is 11.2 Å². The van der Waals surface area contributed by atoms with Crippen molar-refractivity contribution in [3.63, 3.8) is 0 Å². The van der Waals surface area contributed by atoms with Crippen molar-refractivity contribution in [2.75, 3.05) is 13.1 Å². The standard InChI is InChI=1S/C19H28N2O3/c22-17-7-3-1-5-14(17)13-19(24)20-15-9-11-21(12-10-15)16-6-2-4-8-18(16)23/h1,3,5,7,15-16,18,22-23H,2,4,6,8-13H2,(H,20,24). The van der Waals surface area contributed by atoms with E-state index in [1.165, 1.54) is 6.42 Å². The highest BCUT2D eigenvalue weighted by Crippen LogP contribution is 2.26. The van der Waals surface area contributed by atoms with Gasteiger partial charge in [0, 0.05) is 30.7 Å². The third kappa shape index (κ3) is 4.28. The molecule has 1 aromatic carbocycles. The molecule has 5 heteroatoms. The fourth-order valence-corrected chi connectivity index (χ4v) is 4.01. The van der Waals surface area contributed by atoms with Gasteiger partial charge in [0.05, 0.1) is 12.5 Å². The Labute approximate surface area is 143 Å². The van der Waals surface area contributed by atoms with E-state index < -0.39 is 0 Å². The molecule has 2 fully saturated rings. The van der Waals surface area contributed by atoms with Crippen molar-refractivity contribution >= 4 is 5.91 Å². The van der Waals surface area contributed by atoms with Crippen LogP contribution in [0.2, 0.25) is 0 Å². The number of likely N-dealkylation sites (tertiary alicyclic amines) is 1. The molecular weight excluding hydrogens is 304 g/mol. The monoisotopic (exact) mass is 332 g/mol. The molecule has 1 aliphatic heterocycles. The van der Waals surface area contributed by atoms with Gasteiger partial charge in [0.1, 0.15) is 5.75 Å². The quantitative estimate of drug-likeness (QED) is 0.786. The summed E-state index contributed by atoms with van der Waals surface area (Å²) in [6, 6.07) is 7.47. The molecule has 1 amide bonds. The van der Waals surface area contributed by atoms with Crippen LogP contribution in [0.4, 0.5) is 0 Å². The second-order valence-corrected chi connectivity index (χ2v) is 7.10. The van der Waals surface area contributed by atoms with Crippen LogP contribution in [0, 0.1) is 0 Å². The van der Waals surface area contributed by atoms with Crippen molar-refractivity contribution < 1.29 is 15.0 Å². The predicted molar refractivity (Wildman–Crippen MR) is 92.8 cm³/mol. The number of carbonyl (C=O) groups excluding carboxylic acids is 1. The number of aromatic hydroxyl groups is 1. The number of carbonyl (C=O) groups is 1. The van der Waals surface area contributed by atoms with E-state index in [0.29, 0.717) is 11.6 Å². The van der Waals surface area contributed by atoms with Crippen LogP contribution in [0.1, 0.15) is 44.1 Å². The van der Waals surface area contributed by atoms with Gasteiger partial charge in [-0.15, -0.1) is 0 Å². The molecule has 24 heavy (non-hydrogen) atoms. The molecular formula is C19H28N2O3. The fourth-order valence-electron chi connectivity index (χ4n) is 4.01. The zero-order valence-corrected chi connectivity index (χ0v) is 14.2. The second-order valence-electron chi connectivity index (χ2n) is 7.10. The third-order valence-electron chi connectivity index (χ3n) is 5.40. The van der Waals surface area contributed by atoms with E-state index in [1.54, 1.807) is 18.2 Å². The number of phenolic OH excluding ortho intramolecular Hbond substituents is 1. The minimum Gasteiger partial charge on any atom is -0.508 e. The van der Waals surface area contributed by atoms with Gasteiger partial charge < -0.3 is 15.5 Å². The topological polar surface area (TPSA) is 72.8 Å². The van der Waals surface area contributed by atoms with Crippen LogP contribution in [0.15, 0.2) is 24.3 Å².